The highest BCUT2D eigenvalue weighted by Gasteiger charge is 2.06. The number of hydrogen-bond acceptors (Lipinski definition) is 4. The summed E-state index contributed by atoms with van der Waals surface area (Å²) in [5.41, 5.74) is 0.151. The summed E-state index contributed by atoms with van der Waals surface area (Å²) in [4.78, 5) is 30.0. The van der Waals surface area contributed by atoms with Gasteiger partial charge in [-0.15, -0.1) is 11.3 Å². The number of aromatic amines is 1. The van der Waals surface area contributed by atoms with Crippen molar-refractivity contribution in [3.63, 3.8) is 0 Å². The van der Waals surface area contributed by atoms with Crippen LogP contribution in [0.2, 0.25) is 0 Å². The minimum atomic E-state index is -0.415. The third-order valence-corrected chi connectivity index (χ3v) is 3.60. The first kappa shape index (κ1) is 10.9. The van der Waals surface area contributed by atoms with E-state index < -0.39 is 5.69 Å². The molecule has 0 atom stereocenters. The van der Waals surface area contributed by atoms with E-state index in [1.165, 1.54) is 23.6 Å². The molecule has 5 nitrogen and oxygen atoms in total. The maximum Gasteiger partial charge on any atom is 0.328 e. The predicted octanol–water partition coefficient (Wildman–Crippen LogP) is 1.19. The topological polar surface area (TPSA) is 67.8 Å². The summed E-state index contributed by atoms with van der Waals surface area (Å²) < 4.78 is 2.19. The summed E-state index contributed by atoms with van der Waals surface area (Å²) in [6, 6.07) is 9.05. The van der Waals surface area contributed by atoms with Crippen molar-refractivity contribution in [3.05, 3.63) is 62.4 Å². The summed E-state index contributed by atoms with van der Waals surface area (Å²) in [6.45, 7) is 0.203. The van der Waals surface area contributed by atoms with Gasteiger partial charge in [0.15, 0.2) is 0 Å². The molecule has 3 rings (SSSR count). The van der Waals surface area contributed by atoms with Crippen molar-refractivity contribution >= 4 is 21.6 Å². The molecule has 0 fully saturated rings. The third kappa shape index (κ3) is 1.86. The van der Waals surface area contributed by atoms with E-state index in [1.54, 1.807) is 0 Å². The van der Waals surface area contributed by atoms with Gasteiger partial charge in [0.1, 0.15) is 5.01 Å². The molecule has 2 aromatic heterocycles. The zero-order valence-corrected chi connectivity index (χ0v) is 10.1. The molecule has 1 aromatic carbocycles. The first-order chi connectivity index (χ1) is 8.74. The molecule has 0 spiro atoms. The summed E-state index contributed by atoms with van der Waals surface area (Å²) in [6.07, 6.45) is 1.35. The first-order valence-electron chi connectivity index (χ1n) is 5.37. The Balaban J connectivity index is 2.07. The maximum absolute atomic E-state index is 11.6. The number of benzene rings is 1. The van der Waals surface area contributed by atoms with Crippen LogP contribution >= 0.6 is 11.3 Å². The van der Waals surface area contributed by atoms with Crippen LogP contribution in [-0.2, 0) is 6.54 Å². The van der Waals surface area contributed by atoms with Crippen LogP contribution in [0.5, 0.6) is 0 Å². The fourth-order valence-electron chi connectivity index (χ4n) is 1.72. The van der Waals surface area contributed by atoms with Gasteiger partial charge in [-0.25, -0.2) is 9.78 Å². The summed E-state index contributed by atoms with van der Waals surface area (Å²) in [7, 11) is 0. The van der Waals surface area contributed by atoms with Gasteiger partial charge in [0, 0.05) is 12.3 Å². The highest BCUT2D eigenvalue weighted by atomic mass is 32.1. The van der Waals surface area contributed by atoms with Crippen molar-refractivity contribution in [2.45, 2.75) is 6.54 Å². The van der Waals surface area contributed by atoms with Crippen LogP contribution in [0, 0.1) is 0 Å². The van der Waals surface area contributed by atoms with E-state index >= 15 is 0 Å². The Morgan fingerprint density at radius 3 is 2.83 bits per heavy atom. The molecule has 18 heavy (non-hydrogen) atoms. The molecule has 0 aliphatic heterocycles. The molecule has 1 N–H and O–H groups in total. The molecule has 3 aromatic rings. The van der Waals surface area contributed by atoms with E-state index in [4.69, 9.17) is 0 Å². The summed E-state index contributed by atoms with van der Waals surface area (Å²) >= 11 is 1.49. The largest absolute Gasteiger partial charge is 0.328 e. The zero-order valence-electron chi connectivity index (χ0n) is 9.29. The van der Waals surface area contributed by atoms with E-state index in [2.05, 4.69) is 9.97 Å². The van der Waals surface area contributed by atoms with Crippen LogP contribution in [0.1, 0.15) is 5.01 Å². The monoisotopic (exact) mass is 259 g/mol. The van der Waals surface area contributed by atoms with Gasteiger partial charge in [0.25, 0.3) is 5.56 Å². The van der Waals surface area contributed by atoms with Gasteiger partial charge >= 0.3 is 5.69 Å². The second kappa shape index (κ2) is 4.23. The Kier molecular flexibility index (Phi) is 2.56. The van der Waals surface area contributed by atoms with Crippen molar-refractivity contribution < 1.29 is 0 Å². The molecule has 0 aliphatic carbocycles. The standard InChI is InChI=1S/C12H9N3O2S/c16-11-5-6-13-12(17)15(11)7-10-14-8-3-1-2-4-9(8)18-10/h1-6H,7H2,(H,13,17). The number of H-pyrrole nitrogens is 1. The van der Waals surface area contributed by atoms with Crippen molar-refractivity contribution in [1.82, 2.24) is 14.5 Å². The lowest BCUT2D eigenvalue weighted by molar-refractivity contribution is 0.696. The quantitative estimate of drug-likeness (QED) is 0.751. The van der Waals surface area contributed by atoms with Gasteiger partial charge < -0.3 is 4.98 Å². The average molecular weight is 259 g/mol. The number of fused-ring (bicyclic) bond motifs is 1. The van der Waals surface area contributed by atoms with Crippen molar-refractivity contribution in [1.29, 1.82) is 0 Å². The van der Waals surface area contributed by atoms with Gasteiger partial charge in [-0.1, -0.05) is 12.1 Å². The lowest BCUT2D eigenvalue weighted by atomic mass is 10.3. The second-order valence-electron chi connectivity index (χ2n) is 3.78. The highest BCUT2D eigenvalue weighted by molar-refractivity contribution is 7.18. The molecule has 0 bridgehead atoms. The second-order valence-corrected chi connectivity index (χ2v) is 4.90. The van der Waals surface area contributed by atoms with Crippen LogP contribution in [0.15, 0.2) is 46.1 Å². The Bertz CT molecular complexity index is 754. The van der Waals surface area contributed by atoms with Crippen LogP contribution in [0.25, 0.3) is 10.2 Å². The highest BCUT2D eigenvalue weighted by Crippen LogP contribution is 2.21. The number of hydrogen-bond donors (Lipinski definition) is 1. The molecular formula is C12H9N3O2S. The van der Waals surface area contributed by atoms with Gasteiger partial charge in [0.2, 0.25) is 0 Å². The minimum absolute atomic E-state index is 0.203. The number of aromatic nitrogens is 3. The Morgan fingerprint density at radius 1 is 1.22 bits per heavy atom. The molecule has 0 saturated heterocycles. The van der Waals surface area contributed by atoms with E-state index in [0.29, 0.717) is 0 Å². The molecule has 0 radical (unpaired) electrons. The third-order valence-electron chi connectivity index (χ3n) is 2.58. The summed E-state index contributed by atoms with van der Waals surface area (Å²) in [5.74, 6) is 0. The van der Waals surface area contributed by atoms with Crippen LogP contribution in [0.4, 0.5) is 0 Å². The molecule has 6 heteroatoms. The Hall–Kier alpha value is -2.21. The van der Waals surface area contributed by atoms with Gasteiger partial charge in [-0.3, -0.25) is 9.36 Å². The predicted molar refractivity (Wildman–Crippen MR) is 70.0 cm³/mol. The van der Waals surface area contributed by atoms with E-state index in [1.807, 2.05) is 24.3 Å². The number of para-hydroxylation sites is 1. The van der Waals surface area contributed by atoms with Crippen LogP contribution in [0.3, 0.4) is 0 Å². The van der Waals surface area contributed by atoms with Crippen LogP contribution in [-0.4, -0.2) is 14.5 Å². The van der Waals surface area contributed by atoms with E-state index in [9.17, 15) is 9.59 Å². The number of nitrogens with zero attached hydrogens (tertiary/aromatic N) is 2. The molecule has 0 aliphatic rings. The average Bonchev–Trinajstić information content (AvgIpc) is 2.76. The smallest absolute Gasteiger partial charge is 0.314 e. The molecule has 0 saturated carbocycles. The van der Waals surface area contributed by atoms with Crippen molar-refractivity contribution in [2.75, 3.05) is 0 Å². The molecular weight excluding hydrogens is 250 g/mol. The van der Waals surface area contributed by atoms with E-state index in [0.717, 1.165) is 19.8 Å². The van der Waals surface area contributed by atoms with Gasteiger partial charge in [-0.2, -0.15) is 0 Å². The lowest BCUT2D eigenvalue weighted by Gasteiger charge is -1.99. The first-order valence-corrected chi connectivity index (χ1v) is 6.19. The van der Waals surface area contributed by atoms with Crippen molar-refractivity contribution in [3.8, 4) is 0 Å². The number of rotatable bonds is 2. The summed E-state index contributed by atoms with van der Waals surface area (Å²) in [5, 5.41) is 0.745. The lowest BCUT2D eigenvalue weighted by Crippen LogP contribution is -2.34. The van der Waals surface area contributed by atoms with Crippen molar-refractivity contribution in [2.24, 2.45) is 0 Å². The molecule has 0 unspecified atom stereocenters. The Morgan fingerprint density at radius 2 is 2.06 bits per heavy atom. The number of thiazole rings is 1. The zero-order chi connectivity index (χ0) is 12.5. The molecule has 2 heterocycles. The SMILES string of the molecule is O=c1cc[nH]c(=O)n1Cc1nc2ccccc2s1. The number of nitrogens with one attached hydrogen (secondary N) is 1. The maximum atomic E-state index is 11.6. The normalized spacial score (nSPS) is 10.9. The van der Waals surface area contributed by atoms with Crippen LogP contribution < -0.4 is 11.2 Å². The minimum Gasteiger partial charge on any atom is -0.314 e. The fraction of sp³-hybridized carbons (Fsp3) is 0.0833. The molecule has 0 amide bonds. The fourth-order valence-corrected chi connectivity index (χ4v) is 2.68. The van der Waals surface area contributed by atoms with Gasteiger partial charge in [0.05, 0.1) is 16.8 Å². The van der Waals surface area contributed by atoms with E-state index in [-0.39, 0.29) is 12.1 Å². The molecule has 90 valence electrons. The Labute approximate surface area is 105 Å². The van der Waals surface area contributed by atoms with Gasteiger partial charge in [-0.05, 0) is 12.1 Å².